The van der Waals surface area contributed by atoms with Gasteiger partial charge in [0.25, 0.3) is 0 Å². The number of halogens is 1. The van der Waals surface area contributed by atoms with E-state index in [4.69, 9.17) is 16.3 Å². The minimum atomic E-state index is -0.507. The fourth-order valence-electron chi connectivity index (χ4n) is 4.89. The van der Waals surface area contributed by atoms with Gasteiger partial charge in [0.1, 0.15) is 12.4 Å². The zero-order valence-corrected chi connectivity index (χ0v) is 19.3. The number of nitrogens with one attached hydrogen (secondary N) is 1. The molecule has 7 heteroatoms. The monoisotopic (exact) mass is 457 g/mol. The molecule has 2 fully saturated rings. The van der Waals surface area contributed by atoms with Crippen molar-refractivity contribution in [2.24, 2.45) is 0 Å². The predicted molar refractivity (Wildman–Crippen MR) is 126 cm³/mol. The maximum Gasteiger partial charge on any atom is 0.234 e. The molecule has 172 valence electrons. The quantitative estimate of drug-likeness (QED) is 0.669. The minimum Gasteiger partial charge on any atom is -0.489 e. The number of aliphatic hydroxyl groups excluding tert-OH is 1. The van der Waals surface area contributed by atoms with Crippen LogP contribution in [0.2, 0.25) is 5.02 Å². The molecule has 0 bridgehead atoms. The van der Waals surface area contributed by atoms with Gasteiger partial charge in [-0.05, 0) is 43.7 Å². The number of benzene rings is 2. The second-order valence-corrected chi connectivity index (χ2v) is 9.25. The molecule has 1 saturated heterocycles. The first-order valence-electron chi connectivity index (χ1n) is 11.4. The van der Waals surface area contributed by atoms with E-state index in [0.29, 0.717) is 31.3 Å². The lowest BCUT2D eigenvalue weighted by Gasteiger charge is -2.45. The first-order valence-corrected chi connectivity index (χ1v) is 11.7. The molecule has 1 saturated carbocycles. The topological polar surface area (TPSA) is 65.0 Å². The van der Waals surface area contributed by atoms with E-state index in [1.54, 1.807) is 0 Å². The number of carbonyl (C=O) groups is 1. The molecule has 4 rings (SSSR count). The number of ether oxygens (including phenoxy) is 1. The molecule has 6 nitrogen and oxygen atoms in total. The zero-order valence-electron chi connectivity index (χ0n) is 18.5. The Morgan fingerprint density at radius 3 is 2.81 bits per heavy atom. The third kappa shape index (κ3) is 5.62. The van der Waals surface area contributed by atoms with Crippen molar-refractivity contribution in [1.29, 1.82) is 0 Å². The van der Waals surface area contributed by atoms with Gasteiger partial charge in [0.05, 0.1) is 12.6 Å². The number of carbonyl (C=O) groups excluding carboxylic acids is 1. The van der Waals surface area contributed by atoms with Crippen molar-refractivity contribution in [3.63, 3.8) is 0 Å². The van der Waals surface area contributed by atoms with Gasteiger partial charge in [-0.15, -0.1) is 0 Å². The van der Waals surface area contributed by atoms with Crippen molar-refractivity contribution in [3.05, 3.63) is 64.7 Å². The molecule has 1 aliphatic heterocycles. The lowest BCUT2D eigenvalue weighted by atomic mass is 9.85. The van der Waals surface area contributed by atoms with Crippen molar-refractivity contribution < 1.29 is 14.6 Å². The van der Waals surface area contributed by atoms with Crippen molar-refractivity contribution >= 4 is 17.5 Å². The van der Waals surface area contributed by atoms with Crippen LogP contribution in [0.25, 0.3) is 0 Å². The number of amides is 1. The highest BCUT2D eigenvalue weighted by molar-refractivity contribution is 6.30. The van der Waals surface area contributed by atoms with Crippen molar-refractivity contribution in [2.75, 3.05) is 26.7 Å². The van der Waals surface area contributed by atoms with Crippen LogP contribution in [-0.2, 0) is 17.9 Å². The third-order valence-electron chi connectivity index (χ3n) is 6.57. The molecule has 0 unspecified atom stereocenters. The van der Waals surface area contributed by atoms with Crippen molar-refractivity contribution in [2.45, 2.75) is 50.6 Å². The predicted octanol–water partition coefficient (Wildman–Crippen LogP) is 3.06. The van der Waals surface area contributed by atoms with E-state index in [-0.39, 0.29) is 18.0 Å². The first kappa shape index (κ1) is 23.1. The zero-order chi connectivity index (χ0) is 22.5. The Morgan fingerprint density at radius 2 is 2.03 bits per heavy atom. The van der Waals surface area contributed by atoms with Crippen LogP contribution in [0.15, 0.2) is 48.5 Å². The van der Waals surface area contributed by atoms with Gasteiger partial charge >= 0.3 is 0 Å². The van der Waals surface area contributed by atoms with Gasteiger partial charge in [0.15, 0.2) is 0 Å². The van der Waals surface area contributed by atoms with E-state index < -0.39 is 6.10 Å². The Balaban J connectivity index is 1.43. The van der Waals surface area contributed by atoms with Crippen molar-refractivity contribution in [1.82, 2.24) is 15.1 Å². The van der Waals surface area contributed by atoms with Gasteiger partial charge in [0.2, 0.25) is 5.91 Å². The number of hydrogen-bond acceptors (Lipinski definition) is 5. The molecular weight excluding hydrogens is 426 g/mol. The largest absolute Gasteiger partial charge is 0.489 e. The van der Waals surface area contributed by atoms with Gasteiger partial charge < -0.3 is 15.2 Å². The lowest BCUT2D eigenvalue weighted by Crippen LogP contribution is -2.60. The van der Waals surface area contributed by atoms with Crippen LogP contribution >= 0.6 is 11.6 Å². The molecule has 2 aromatic rings. The van der Waals surface area contributed by atoms with E-state index in [9.17, 15) is 9.90 Å². The summed E-state index contributed by atoms with van der Waals surface area (Å²) in [6.45, 7) is 2.91. The molecule has 0 radical (unpaired) electrons. The van der Waals surface area contributed by atoms with E-state index in [1.165, 1.54) is 0 Å². The van der Waals surface area contributed by atoms with Gasteiger partial charge in [-0.25, -0.2) is 0 Å². The second-order valence-electron chi connectivity index (χ2n) is 8.82. The average Bonchev–Trinajstić information content (AvgIpc) is 2.79. The van der Waals surface area contributed by atoms with Crippen LogP contribution < -0.4 is 10.1 Å². The molecule has 0 aromatic heterocycles. The Hall–Kier alpha value is -2.12. The maximum absolute atomic E-state index is 11.8. The Kier molecular flexibility index (Phi) is 7.68. The highest BCUT2D eigenvalue weighted by Crippen LogP contribution is 2.30. The van der Waals surface area contributed by atoms with E-state index >= 15 is 0 Å². The molecule has 3 atom stereocenters. The van der Waals surface area contributed by atoms with Crippen LogP contribution in [0.3, 0.4) is 0 Å². The standard InChI is InChI=1S/C25H32ClN3O3/c1-28(21-8-5-9-22(25(21)31)29-13-12-27-24(30)16-29)15-19-14-20(26)10-11-23(19)32-17-18-6-3-2-4-7-18/h2-4,6-7,10-11,14,21-22,25,31H,5,8-9,12-13,15-17H2,1H3,(H,27,30)/t21-,22-,25-/m1/s1. The molecule has 32 heavy (non-hydrogen) atoms. The summed E-state index contributed by atoms with van der Waals surface area (Å²) in [4.78, 5) is 16.2. The van der Waals surface area contributed by atoms with Gasteiger partial charge in [0, 0.05) is 42.3 Å². The fraction of sp³-hybridized carbons (Fsp3) is 0.480. The molecule has 2 N–H and O–H groups in total. The summed E-state index contributed by atoms with van der Waals surface area (Å²) in [6, 6.07) is 15.8. The number of piperazine rings is 1. The van der Waals surface area contributed by atoms with Crippen LogP contribution in [0.4, 0.5) is 0 Å². The van der Waals surface area contributed by atoms with E-state index in [1.807, 2.05) is 55.6 Å². The number of likely N-dealkylation sites (N-methyl/N-ethyl adjacent to an activating group) is 1. The summed E-state index contributed by atoms with van der Waals surface area (Å²) in [5, 5.41) is 14.8. The summed E-state index contributed by atoms with van der Waals surface area (Å²) in [5.41, 5.74) is 2.11. The Bertz CT molecular complexity index is 911. The number of hydrogen-bond donors (Lipinski definition) is 2. The van der Waals surface area contributed by atoms with Crippen LogP contribution in [-0.4, -0.2) is 65.7 Å². The van der Waals surface area contributed by atoms with Gasteiger partial charge in [-0.1, -0.05) is 48.4 Å². The smallest absolute Gasteiger partial charge is 0.234 e. The Morgan fingerprint density at radius 1 is 1.22 bits per heavy atom. The third-order valence-corrected chi connectivity index (χ3v) is 6.81. The summed E-state index contributed by atoms with van der Waals surface area (Å²) >= 11 is 6.30. The first-order chi connectivity index (χ1) is 15.5. The number of nitrogens with zero attached hydrogens (tertiary/aromatic N) is 2. The highest BCUT2D eigenvalue weighted by Gasteiger charge is 2.38. The Labute approximate surface area is 195 Å². The van der Waals surface area contributed by atoms with E-state index in [0.717, 1.165) is 42.7 Å². The van der Waals surface area contributed by atoms with Gasteiger partial charge in [-0.3, -0.25) is 14.6 Å². The normalized spacial score (nSPS) is 24.4. The average molecular weight is 458 g/mol. The SMILES string of the molecule is CN(Cc1cc(Cl)ccc1OCc1ccccc1)[C@@H]1CCC[C@@H](N2CCNC(=O)C2)[C@@H]1O. The molecule has 0 spiro atoms. The van der Waals surface area contributed by atoms with Crippen LogP contribution in [0, 0.1) is 0 Å². The second kappa shape index (κ2) is 10.7. The summed E-state index contributed by atoms with van der Waals surface area (Å²) in [6.07, 6.45) is 2.37. The van der Waals surface area contributed by atoms with Gasteiger partial charge in [-0.2, -0.15) is 0 Å². The number of rotatable bonds is 7. The minimum absolute atomic E-state index is 0.00964. The molecule has 2 aliphatic rings. The molecule has 1 heterocycles. The molecule has 1 amide bonds. The summed E-state index contributed by atoms with van der Waals surface area (Å²) < 4.78 is 6.12. The summed E-state index contributed by atoms with van der Waals surface area (Å²) in [5.74, 6) is 0.845. The maximum atomic E-state index is 11.8. The van der Waals surface area contributed by atoms with Crippen LogP contribution in [0.1, 0.15) is 30.4 Å². The lowest BCUT2D eigenvalue weighted by molar-refractivity contribution is -0.127. The van der Waals surface area contributed by atoms with Crippen LogP contribution in [0.5, 0.6) is 5.75 Å². The molecule has 1 aliphatic carbocycles. The van der Waals surface area contributed by atoms with E-state index in [2.05, 4.69) is 15.1 Å². The highest BCUT2D eigenvalue weighted by atomic mass is 35.5. The van der Waals surface area contributed by atoms with Crippen molar-refractivity contribution in [3.8, 4) is 5.75 Å². The molecular formula is C25H32ClN3O3. The molecule has 2 aromatic carbocycles. The summed E-state index contributed by atoms with van der Waals surface area (Å²) in [7, 11) is 2.04. The number of aliphatic hydroxyl groups is 1. The fourth-order valence-corrected chi connectivity index (χ4v) is 5.08.